The van der Waals surface area contributed by atoms with Gasteiger partial charge in [-0.2, -0.15) is 0 Å². The molecule has 0 radical (unpaired) electrons. The molecule has 0 fully saturated rings. The van der Waals surface area contributed by atoms with Crippen molar-refractivity contribution in [2.75, 3.05) is 6.54 Å². The van der Waals surface area contributed by atoms with Crippen LogP contribution in [-0.4, -0.2) is 6.54 Å². The van der Waals surface area contributed by atoms with E-state index in [9.17, 15) is 4.39 Å². The van der Waals surface area contributed by atoms with Gasteiger partial charge in [0.05, 0.1) is 0 Å². The van der Waals surface area contributed by atoms with Crippen LogP contribution in [0.5, 0.6) is 0 Å². The molecule has 2 unspecified atom stereocenters. The molecule has 2 heteroatoms. The highest BCUT2D eigenvalue weighted by Gasteiger charge is 2.30. The third-order valence-corrected chi connectivity index (χ3v) is 4.58. The lowest BCUT2D eigenvalue weighted by molar-refractivity contribution is 0.449. The summed E-state index contributed by atoms with van der Waals surface area (Å²) < 4.78 is 13.7. The minimum absolute atomic E-state index is 0.148. The molecular weight excluding hydrogens is 261 g/mol. The lowest BCUT2D eigenvalue weighted by atomic mass is 9.86. The average Bonchev–Trinajstić information content (AvgIpc) is 2.91. The van der Waals surface area contributed by atoms with Gasteiger partial charge in [0.25, 0.3) is 0 Å². The molecule has 1 aliphatic rings. The molecule has 0 spiro atoms. The van der Waals surface area contributed by atoms with E-state index in [0.29, 0.717) is 5.92 Å². The fourth-order valence-corrected chi connectivity index (χ4v) is 3.57. The van der Waals surface area contributed by atoms with Crippen LogP contribution in [0.2, 0.25) is 0 Å². The summed E-state index contributed by atoms with van der Waals surface area (Å²) in [4.78, 5) is 0. The van der Waals surface area contributed by atoms with Gasteiger partial charge in [-0.15, -0.1) is 0 Å². The average molecular weight is 283 g/mol. The second kappa shape index (κ2) is 5.98. The fraction of sp³-hybridized carbons (Fsp3) is 0.368. The lowest BCUT2D eigenvalue weighted by Gasteiger charge is -2.27. The molecule has 1 nitrogen and oxygen atoms in total. The molecule has 2 atom stereocenters. The Morgan fingerprint density at radius 3 is 2.86 bits per heavy atom. The number of rotatable bonds is 4. The third kappa shape index (κ3) is 2.73. The Morgan fingerprint density at radius 2 is 2.05 bits per heavy atom. The zero-order valence-corrected chi connectivity index (χ0v) is 12.7. The van der Waals surface area contributed by atoms with Crippen molar-refractivity contribution >= 4 is 0 Å². The number of likely N-dealkylation sites (N-methyl/N-ethyl adjacent to an activating group) is 1. The fourth-order valence-electron chi connectivity index (χ4n) is 3.57. The molecule has 0 bridgehead atoms. The summed E-state index contributed by atoms with van der Waals surface area (Å²) in [6, 6.07) is 14.0. The zero-order chi connectivity index (χ0) is 14.8. The maximum atomic E-state index is 13.7. The minimum Gasteiger partial charge on any atom is -0.310 e. The van der Waals surface area contributed by atoms with Crippen molar-refractivity contribution in [1.29, 1.82) is 0 Å². The first-order chi connectivity index (χ1) is 10.2. The van der Waals surface area contributed by atoms with Crippen molar-refractivity contribution in [2.45, 2.75) is 38.6 Å². The van der Waals surface area contributed by atoms with Gasteiger partial charge >= 0.3 is 0 Å². The van der Waals surface area contributed by atoms with E-state index in [1.54, 1.807) is 12.1 Å². The van der Waals surface area contributed by atoms with E-state index in [1.807, 2.05) is 6.07 Å². The number of halogens is 1. The van der Waals surface area contributed by atoms with E-state index >= 15 is 0 Å². The largest absolute Gasteiger partial charge is 0.310 e. The zero-order valence-electron chi connectivity index (χ0n) is 12.7. The summed E-state index contributed by atoms with van der Waals surface area (Å²) in [5, 5.41) is 3.58. The van der Waals surface area contributed by atoms with Gasteiger partial charge in [0.15, 0.2) is 0 Å². The van der Waals surface area contributed by atoms with Gasteiger partial charge in [-0.05, 0) is 60.7 Å². The van der Waals surface area contributed by atoms with Gasteiger partial charge < -0.3 is 5.32 Å². The smallest absolute Gasteiger partial charge is 0.123 e. The monoisotopic (exact) mass is 283 g/mol. The highest BCUT2D eigenvalue weighted by atomic mass is 19.1. The number of fused-ring (bicyclic) bond motifs is 1. The Bertz CT molecular complexity index is 635. The van der Waals surface area contributed by atoms with Crippen LogP contribution in [-0.2, 0) is 6.42 Å². The van der Waals surface area contributed by atoms with Gasteiger partial charge in [0.1, 0.15) is 5.82 Å². The highest BCUT2D eigenvalue weighted by molar-refractivity contribution is 5.40. The van der Waals surface area contributed by atoms with Crippen LogP contribution in [0.15, 0.2) is 42.5 Å². The Kier molecular flexibility index (Phi) is 4.07. The van der Waals surface area contributed by atoms with E-state index in [0.717, 1.165) is 30.5 Å². The van der Waals surface area contributed by atoms with Crippen molar-refractivity contribution in [2.24, 2.45) is 0 Å². The molecule has 0 heterocycles. The second-order valence-corrected chi connectivity index (χ2v) is 5.88. The predicted octanol–water partition coefficient (Wildman–Crippen LogP) is 4.51. The standard InChI is InChI=1S/C19H22FN/c1-3-21-19(18-12-15(20)10-8-13(18)2)17-11-9-14-6-4-5-7-16(14)17/h4-8,10,12,17,19,21H,3,9,11H2,1-2H3. The molecular formula is C19H22FN. The summed E-state index contributed by atoms with van der Waals surface area (Å²) in [5.74, 6) is 0.284. The van der Waals surface area contributed by atoms with Crippen molar-refractivity contribution < 1.29 is 4.39 Å². The Labute approximate surface area is 126 Å². The van der Waals surface area contributed by atoms with Crippen molar-refractivity contribution in [3.05, 3.63) is 70.5 Å². The SMILES string of the molecule is CCNC(c1cc(F)ccc1C)C1CCc2ccccc21. The molecule has 0 saturated heterocycles. The van der Waals surface area contributed by atoms with Crippen LogP contribution in [0.3, 0.4) is 0 Å². The molecule has 1 N–H and O–H groups in total. The molecule has 2 aromatic rings. The lowest BCUT2D eigenvalue weighted by Crippen LogP contribution is -2.27. The number of benzene rings is 2. The van der Waals surface area contributed by atoms with Gasteiger partial charge in [0.2, 0.25) is 0 Å². The van der Waals surface area contributed by atoms with E-state index < -0.39 is 0 Å². The predicted molar refractivity (Wildman–Crippen MR) is 85.1 cm³/mol. The third-order valence-electron chi connectivity index (χ3n) is 4.58. The maximum absolute atomic E-state index is 13.7. The first-order valence-corrected chi connectivity index (χ1v) is 7.78. The summed E-state index contributed by atoms with van der Waals surface area (Å²) in [7, 11) is 0. The van der Waals surface area contributed by atoms with Crippen molar-refractivity contribution in [1.82, 2.24) is 5.32 Å². The minimum atomic E-state index is -0.148. The van der Waals surface area contributed by atoms with Crippen LogP contribution >= 0.6 is 0 Å². The van der Waals surface area contributed by atoms with Gasteiger partial charge in [-0.3, -0.25) is 0 Å². The maximum Gasteiger partial charge on any atom is 0.123 e. The second-order valence-electron chi connectivity index (χ2n) is 5.88. The molecule has 21 heavy (non-hydrogen) atoms. The first-order valence-electron chi connectivity index (χ1n) is 7.78. The van der Waals surface area contributed by atoms with Crippen LogP contribution in [0.4, 0.5) is 4.39 Å². The summed E-state index contributed by atoms with van der Waals surface area (Å²) >= 11 is 0. The van der Waals surface area contributed by atoms with Crippen LogP contribution < -0.4 is 5.32 Å². The van der Waals surface area contributed by atoms with Crippen molar-refractivity contribution in [3.8, 4) is 0 Å². The van der Waals surface area contributed by atoms with Crippen LogP contribution in [0.25, 0.3) is 0 Å². The first kappa shape index (κ1) is 14.3. The Hall–Kier alpha value is -1.67. The van der Waals surface area contributed by atoms with E-state index in [1.165, 1.54) is 11.1 Å². The van der Waals surface area contributed by atoms with Crippen LogP contribution in [0.1, 0.15) is 47.6 Å². The molecule has 110 valence electrons. The number of hydrogen-bond donors (Lipinski definition) is 1. The molecule has 0 amide bonds. The van der Waals surface area contributed by atoms with Crippen LogP contribution in [0, 0.1) is 12.7 Å². The molecule has 1 aliphatic carbocycles. The van der Waals surface area contributed by atoms with E-state index in [-0.39, 0.29) is 11.9 Å². The normalized spacial score (nSPS) is 18.5. The topological polar surface area (TPSA) is 12.0 Å². The van der Waals surface area contributed by atoms with E-state index in [2.05, 4.69) is 43.4 Å². The van der Waals surface area contributed by atoms with Gasteiger partial charge in [0, 0.05) is 12.0 Å². The Morgan fingerprint density at radius 1 is 1.24 bits per heavy atom. The number of hydrogen-bond acceptors (Lipinski definition) is 1. The van der Waals surface area contributed by atoms with E-state index in [4.69, 9.17) is 0 Å². The molecule has 0 aliphatic heterocycles. The van der Waals surface area contributed by atoms with Gasteiger partial charge in [-0.1, -0.05) is 37.3 Å². The summed E-state index contributed by atoms with van der Waals surface area (Å²) in [6.07, 6.45) is 2.25. The number of aryl methyl sites for hydroxylation is 2. The Balaban J connectivity index is 2.01. The summed E-state index contributed by atoms with van der Waals surface area (Å²) in [5.41, 5.74) is 5.12. The molecule has 3 rings (SSSR count). The molecule has 0 aromatic heterocycles. The highest BCUT2D eigenvalue weighted by Crippen LogP contribution is 2.42. The molecule has 2 aromatic carbocycles. The summed E-state index contributed by atoms with van der Waals surface area (Å²) in [6.45, 7) is 5.07. The molecule has 0 saturated carbocycles. The quantitative estimate of drug-likeness (QED) is 0.870. The number of nitrogens with one attached hydrogen (secondary N) is 1. The van der Waals surface area contributed by atoms with Crippen molar-refractivity contribution in [3.63, 3.8) is 0 Å². The van der Waals surface area contributed by atoms with Gasteiger partial charge in [-0.25, -0.2) is 4.39 Å².